The number of carbonyl (C=O) groups excluding carboxylic acids is 1. The number of halogens is 3. The van der Waals surface area contributed by atoms with Crippen molar-refractivity contribution >= 4 is 34.2 Å². The van der Waals surface area contributed by atoms with E-state index in [-0.39, 0.29) is 30.7 Å². The van der Waals surface area contributed by atoms with E-state index in [1.165, 1.54) is 6.07 Å². The number of hydrogen-bond donors (Lipinski definition) is 2. The lowest BCUT2D eigenvalue weighted by Crippen LogP contribution is -2.34. The second-order valence-electron chi connectivity index (χ2n) is 3.69. The molecule has 0 unspecified atom stereocenters. The summed E-state index contributed by atoms with van der Waals surface area (Å²) in [5.41, 5.74) is 0.723. The molecule has 4 nitrogen and oxygen atoms in total. The fourth-order valence-corrected chi connectivity index (χ4v) is 1.54. The Bertz CT molecular complexity index is 407. The number of amides is 1. The van der Waals surface area contributed by atoms with Gasteiger partial charge in [-0.1, -0.05) is 6.07 Å². The molecule has 7 heteroatoms. The molecule has 0 aliphatic rings. The van der Waals surface area contributed by atoms with Gasteiger partial charge in [0.25, 0.3) is 0 Å². The summed E-state index contributed by atoms with van der Waals surface area (Å²) in [6, 6.07) is 4.77. The average molecular weight is 356 g/mol. The van der Waals surface area contributed by atoms with Crippen LogP contribution in [0.25, 0.3) is 0 Å². The maximum absolute atomic E-state index is 13.2. The van der Waals surface area contributed by atoms with Crippen molar-refractivity contribution in [2.24, 2.45) is 0 Å². The van der Waals surface area contributed by atoms with E-state index in [9.17, 15) is 9.18 Å². The molecule has 0 bridgehead atoms. The topological polar surface area (TPSA) is 50.4 Å². The van der Waals surface area contributed by atoms with Gasteiger partial charge in [0.2, 0.25) is 5.91 Å². The number of hydrogen-bond acceptors (Lipinski definition) is 3. The highest BCUT2D eigenvalue weighted by Gasteiger charge is 2.03. The number of carbonyl (C=O) groups is 1. The molecule has 0 aliphatic heterocycles. The van der Waals surface area contributed by atoms with Crippen LogP contribution in [0.3, 0.4) is 0 Å². The smallest absolute Gasteiger partial charge is 0.234 e. The van der Waals surface area contributed by atoms with Crippen LogP contribution in [0.2, 0.25) is 0 Å². The monoisotopic (exact) mass is 354 g/mol. The molecular formula is C12H17BrClFN2O2. The molecule has 0 spiro atoms. The summed E-state index contributed by atoms with van der Waals surface area (Å²) in [4.78, 5) is 11.4. The molecule has 0 atom stereocenters. The third kappa shape index (κ3) is 7.47. The van der Waals surface area contributed by atoms with Gasteiger partial charge < -0.3 is 15.4 Å². The molecular weight excluding hydrogens is 338 g/mol. The molecule has 0 saturated carbocycles. The lowest BCUT2D eigenvalue weighted by molar-refractivity contribution is -0.120. The van der Waals surface area contributed by atoms with Crippen molar-refractivity contribution < 1.29 is 13.9 Å². The summed E-state index contributed by atoms with van der Waals surface area (Å²) < 4.78 is 18.5. The molecule has 108 valence electrons. The van der Waals surface area contributed by atoms with Crippen molar-refractivity contribution in [1.82, 2.24) is 10.6 Å². The van der Waals surface area contributed by atoms with Gasteiger partial charge in [-0.15, -0.1) is 12.4 Å². The highest BCUT2D eigenvalue weighted by atomic mass is 79.9. The second-order valence-corrected chi connectivity index (χ2v) is 4.55. The molecule has 1 aromatic rings. The minimum atomic E-state index is -0.333. The van der Waals surface area contributed by atoms with Crippen molar-refractivity contribution in [2.75, 3.05) is 26.8 Å². The Labute approximate surface area is 126 Å². The summed E-state index contributed by atoms with van der Waals surface area (Å²) >= 11 is 3.07. The quantitative estimate of drug-likeness (QED) is 0.734. The van der Waals surface area contributed by atoms with E-state index < -0.39 is 0 Å². The van der Waals surface area contributed by atoms with E-state index in [2.05, 4.69) is 26.6 Å². The van der Waals surface area contributed by atoms with E-state index in [0.717, 1.165) is 5.56 Å². The molecule has 1 aromatic carbocycles. The zero-order chi connectivity index (χ0) is 13.4. The minimum absolute atomic E-state index is 0. The van der Waals surface area contributed by atoms with Crippen molar-refractivity contribution in [3.05, 3.63) is 34.1 Å². The van der Waals surface area contributed by atoms with Gasteiger partial charge in [-0.2, -0.15) is 0 Å². The highest BCUT2D eigenvalue weighted by Crippen LogP contribution is 2.16. The number of nitrogens with one attached hydrogen (secondary N) is 2. The number of methoxy groups -OCH3 is 1. The third-order valence-electron chi connectivity index (χ3n) is 2.24. The Morgan fingerprint density at radius 1 is 1.47 bits per heavy atom. The molecule has 1 rings (SSSR count). The molecule has 0 saturated heterocycles. The molecule has 19 heavy (non-hydrogen) atoms. The standard InChI is InChI=1S/C12H16BrFN2O2.ClH/c1-18-5-4-15-8-12(17)16-7-9-2-3-10(13)11(14)6-9;/h2-3,6,15H,4-5,7-8H2,1H3,(H,16,17);1H. The number of ether oxygens (including phenoxy) is 1. The van der Waals surface area contributed by atoms with Gasteiger partial charge in [-0.3, -0.25) is 4.79 Å². The van der Waals surface area contributed by atoms with E-state index in [1.54, 1.807) is 19.2 Å². The van der Waals surface area contributed by atoms with Gasteiger partial charge in [0, 0.05) is 20.2 Å². The SMILES string of the molecule is COCCNCC(=O)NCc1ccc(Br)c(F)c1.Cl. The third-order valence-corrected chi connectivity index (χ3v) is 2.89. The zero-order valence-corrected chi connectivity index (χ0v) is 12.9. The fourth-order valence-electron chi connectivity index (χ4n) is 1.29. The maximum atomic E-state index is 13.2. The predicted molar refractivity (Wildman–Crippen MR) is 77.9 cm³/mol. The summed E-state index contributed by atoms with van der Waals surface area (Å²) in [6.07, 6.45) is 0. The summed E-state index contributed by atoms with van der Waals surface area (Å²) in [7, 11) is 1.60. The van der Waals surface area contributed by atoms with Gasteiger partial charge in [0.05, 0.1) is 17.6 Å². The Balaban J connectivity index is 0.00000324. The van der Waals surface area contributed by atoms with Crippen LogP contribution >= 0.6 is 28.3 Å². The minimum Gasteiger partial charge on any atom is -0.383 e. The van der Waals surface area contributed by atoms with E-state index in [1.807, 2.05) is 0 Å². The fraction of sp³-hybridized carbons (Fsp3) is 0.417. The first-order valence-electron chi connectivity index (χ1n) is 5.53. The Kier molecular flexibility index (Phi) is 9.77. The molecule has 2 N–H and O–H groups in total. The van der Waals surface area contributed by atoms with Crippen LogP contribution in [-0.4, -0.2) is 32.7 Å². The lowest BCUT2D eigenvalue weighted by atomic mass is 10.2. The molecule has 0 fully saturated rings. The van der Waals surface area contributed by atoms with Crippen LogP contribution in [0.15, 0.2) is 22.7 Å². The lowest BCUT2D eigenvalue weighted by Gasteiger charge is -2.07. The molecule has 0 aliphatic carbocycles. The second kappa shape index (κ2) is 10.1. The highest BCUT2D eigenvalue weighted by molar-refractivity contribution is 9.10. The van der Waals surface area contributed by atoms with Crippen LogP contribution < -0.4 is 10.6 Å². The van der Waals surface area contributed by atoms with Crippen molar-refractivity contribution in [1.29, 1.82) is 0 Å². The van der Waals surface area contributed by atoms with Crippen molar-refractivity contribution in [3.8, 4) is 0 Å². The van der Waals surface area contributed by atoms with Gasteiger partial charge in [-0.05, 0) is 33.6 Å². The van der Waals surface area contributed by atoms with Crippen LogP contribution in [0.5, 0.6) is 0 Å². The molecule has 0 radical (unpaired) electrons. The van der Waals surface area contributed by atoms with Gasteiger partial charge in [0.15, 0.2) is 0 Å². The maximum Gasteiger partial charge on any atom is 0.234 e. The first-order valence-corrected chi connectivity index (χ1v) is 6.33. The average Bonchev–Trinajstić information content (AvgIpc) is 2.36. The van der Waals surface area contributed by atoms with Crippen molar-refractivity contribution in [3.63, 3.8) is 0 Å². The first-order chi connectivity index (χ1) is 8.63. The molecule has 0 heterocycles. The Hall–Kier alpha value is -0.690. The molecule has 1 amide bonds. The summed E-state index contributed by atoms with van der Waals surface area (Å²) in [5.74, 6) is -0.464. The van der Waals surface area contributed by atoms with Crippen molar-refractivity contribution in [2.45, 2.75) is 6.54 Å². The summed E-state index contributed by atoms with van der Waals surface area (Å²) in [5, 5.41) is 5.62. The summed E-state index contributed by atoms with van der Waals surface area (Å²) in [6.45, 7) is 1.72. The van der Waals surface area contributed by atoms with Gasteiger partial charge in [-0.25, -0.2) is 4.39 Å². The van der Waals surface area contributed by atoms with Gasteiger partial charge >= 0.3 is 0 Å². The van der Waals surface area contributed by atoms with Crippen LogP contribution in [0.1, 0.15) is 5.56 Å². The van der Waals surface area contributed by atoms with E-state index >= 15 is 0 Å². The molecule has 0 aromatic heterocycles. The van der Waals surface area contributed by atoms with Crippen LogP contribution in [0, 0.1) is 5.82 Å². The normalized spacial score (nSPS) is 9.84. The van der Waals surface area contributed by atoms with Crippen LogP contribution in [0.4, 0.5) is 4.39 Å². The van der Waals surface area contributed by atoms with E-state index in [4.69, 9.17) is 4.74 Å². The number of benzene rings is 1. The zero-order valence-electron chi connectivity index (χ0n) is 10.5. The predicted octanol–water partition coefficient (Wildman–Crippen LogP) is 1.86. The van der Waals surface area contributed by atoms with Gasteiger partial charge in [0.1, 0.15) is 5.82 Å². The van der Waals surface area contributed by atoms with Crippen LogP contribution in [-0.2, 0) is 16.1 Å². The van der Waals surface area contributed by atoms with E-state index in [0.29, 0.717) is 24.2 Å². The number of rotatable bonds is 7. The largest absolute Gasteiger partial charge is 0.383 e. The Morgan fingerprint density at radius 3 is 2.84 bits per heavy atom. The Morgan fingerprint density at radius 2 is 2.21 bits per heavy atom. The first kappa shape index (κ1) is 18.3.